The van der Waals surface area contributed by atoms with Crippen molar-refractivity contribution in [1.29, 1.82) is 0 Å². The number of hydrogen-bond donors (Lipinski definition) is 8. The number of ketones is 1. The Morgan fingerprint density at radius 1 is 0.878 bits per heavy atom. The maximum atomic E-state index is 12.9. The van der Waals surface area contributed by atoms with E-state index in [1.54, 1.807) is 12.1 Å². The first kappa shape index (κ1) is 29.4. The van der Waals surface area contributed by atoms with Gasteiger partial charge in [-0.1, -0.05) is 12.1 Å². The molecule has 0 amide bonds. The van der Waals surface area contributed by atoms with E-state index < -0.39 is 85.7 Å². The van der Waals surface area contributed by atoms with Crippen LogP contribution in [0.3, 0.4) is 0 Å². The molecule has 8 N–H and O–H groups in total. The minimum Gasteiger partial charge on any atom is -0.508 e. The second kappa shape index (κ2) is 11.7. The number of fused-ring (bicyclic) bond motifs is 1. The fourth-order valence-corrected chi connectivity index (χ4v) is 5.07. The van der Waals surface area contributed by atoms with Gasteiger partial charge in [0.05, 0.1) is 19.1 Å². The summed E-state index contributed by atoms with van der Waals surface area (Å²) in [7, 11) is 0. The Morgan fingerprint density at radius 3 is 2.27 bits per heavy atom. The van der Waals surface area contributed by atoms with Gasteiger partial charge in [-0.05, 0) is 24.6 Å². The number of aliphatic hydroxyl groups is 6. The van der Waals surface area contributed by atoms with Gasteiger partial charge in [0, 0.05) is 12.1 Å². The highest BCUT2D eigenvalue weighted by Crippen LogP contribution is 2.43. The molecule has 2 saturated heterocycles. The van der Waals surface area contributed by atoms with Crippen molar-refractivity contribution in [2.45, 2.75) is 80.9 Å². The summed E-state index contributed by atoms with van der Waals surface area (Å²) in [5.74, 6) is -0.947. The number of aliphatic hydroxyl groups excluding tert-OH is 6. The summed E-state index contributed by atoms with van der Waals surface area (Å²) in [4.78, 5) is 12.9. The molecule has 0 spiro atoms. The van der Waals surface area contributed by atoms with E-state index in [1.807, 2.05) is 0 Å². The second-order valence-corrected chi connectivity index (χ2v) is 10.2. The van der Waals surface area contributed by atoms with Crippen molar-refractivity contribution in [3.63, 3.8) is 0 Å². The third-order valence-electron chi connectivity index (χ3n) is 7.42. The van der Waals surface area contributed by atoms with Crippen molar-refractivity contribution >= 4 is 5.78 Å². The zero-order valence-corrected chi connectivity index (χ0v) is 21.8. The predicted molar refractivity (Wildman–Crippen MR) is 134 cm³/mol. The molecule has 0 bridgehead atoms. The van der Waals surface area contributed by atoms with Crippen molar-refractivity contribution in [2.24, 2.45) is 0 Å². The maximum Gasteiger partial charge on any atom is 0.229 e. The number of rotatable bonds is 6. The van der Waals surface area contributed by atoms with E-state index in [4.69, 9.17) is 23.7 Å². The van der Waals surface area contributed by atoms with Crippen LogP contribution in [-0.4, -0.2) is 115 Å². The summed E-state index contributed by atoms with van der Waals surface area (Å²) in [5, 5.41) is 81.6. The van der Waals surface area contributed by atoms with Crippen LogP contribution >= 0.6 is 0 Å². The molecule has 0 aromatic heterocycles. The van der Waals surface area contributed by atoms with Crippen molar-refractivity contribution in [2.75, 3.05) is 6.61 Å². The Labute approximate surface area is 233 Å². The van der Waals surface area contributed by atoms with Gasteiger partial charge in [0.1, 0.15) is 71.3 Å². The number of ether oxygens (including phenoxy) is 5. The van der Waals surface area contributed by atoms with Crippen molar-refractivity contribution < 1.29 is 69.3 Å². The minimum absolute atomic E-state index is 0.0149. The number of benzene rings is 2. The van der Waals surface area contributed by atoms with Gasteiger partial charge >= 0.3 is 0 Å². The Kier molecular flexibility index (Phi) is 8.39. The van der Waals surface area contributed by atoms with Gasteiger partial charge in [-0.2, -0.15) is 0 Å². The molecule has 11 atom stereocenters. The van der Waals surface area contributed by atoms with Gasteiger partial charge in [-0.3, -0.25) is 4.79 Å². The number of phenols is 2. The number of aromatic hydroxyl groups is 2. The topological polar surface area (TPSA) is 225 Å². The Bertz CT molecular complexity index is 1240. The van der Waals surface area contributed by atoms with Crippen molar-refractivity contribution in [3.05, 3.63) is 47.5 Å². The average Bonchev–Trinajstić information content (AvgIpc) is 2.94. The van der Waals surface area contributed by atoms with Gasteiger partial charge in [-0.15, -0.1) is 0 Å². The van der Waals surface area contributed by atoms with Gasteiger partial charge in [0.25, 0.3) is 0 Å². The van der Waals surface area contributed by atoms with E-state index in [1.165, 1.54) is 25.1 Å². The highest BCUT2D eigenvalue weighted by molar-refractivity contribution is 6.02. The van der Waals surface area contributed by atoms with Crippen LogP contribution in [0.15, 0.2) is 36.4 Å². The standard InChI is InChI=1S/C27H32O14/c1-10-20(32)22(34)24(36)26(37-10)41-25-23(35)21(33)18(9-28)40-27(25)38-13-6-14(30)19-15(31)8-16(39-17(19)7-13)11-2-4-12(29)5-3-11/h2-7,10,16,18,20-30,32-36H,8-9H2,1H3/t10-,16?,18-,20-,21-,22+,23+,24+,25-,26-,27-/m0/s1. The van der Waals surface area contributed by atoms with Gasteiger partial charge in [0.15, 0.2) is 18.2 Å². The largest absolute Gasteiger partial charge is 0.508 e. The quantitative estimate of drug-likeness (QED) is 0.202. The molecule has 0 saturated carbocycles. The molecule has 14 heteroatoms. The molecule has 14 nitrogen and oxygen atoms in total. The van der Waals surface area contributed by atoms with Gasteiger partial charge < -0.3 is 64.5 Å². The lowest BCUT2D eigenvalue weighted by Crippen LogP contribution is -2.64. The molecular weight excluding hydrogens is 548 g/mol. The van der Waals surface area contributed by atoms with Gasteiger partial charge in [0.2, 0.25) is 6.29 Å². The molecule has 3 heterocycles. The molecular formula is C27H32O14. The van der Waals surface area contributed by atoms with E-state index in [2.05, 4.69) is 0 Å². The summed E-state index contributed by atoms with van der Waals surface area (Å²) in [5.41, 5.74) is 0.529. The lowest BCUT2D eigenvalue weighted by atomic mass is 9.95. The fourth-order valence-electron chi connectivity index (χ4n) is 5.07. The van der Waals surface area contributed by atoms with Crippen LogP contribution in [-0.2, 0) is 14.2 Å². The molecule has 3 aliphatic rings. The monoisotopic (exact) mass is 580 g/mol. The number of carbonyl (C=O) groups is 1. The summed E-state index contributed by atoms with van der Waals surface area (Å²) >= 11 is 0. The summed E-state index contributed by atoms with van der Waals surface area (Å²) in [6.07, 6.45) is -16.0. The number of carbonyl (C=O) groups excluding carboxylic acids is 1. The molecule has 2 aromatic rings. The number of Topliss-reactive ketones (excluding diaryl/α,β-unsaturated/α-hetero) is 1. The lowest BCUT2D eigenvalue weighted by Gasteiger charge is -2.45. The van der Waals surface area contributed by atoms with Crippen LogP contribution in [0.5, 0.6) is 23.0 Å². The van der Waals surface area contributed by atoms with Crippen molar-refractivity contribution in [3.8, 4) is 23.0 Å². The predicted octanol–water partition coefficient (Wildman–Crippen LogP) is -1.17. The van der Waals surface area contributed by atoms with E-state index >= 15 is 0 Å². The molecule has 2 fully saturated rings. The van der Waals surface area contributed by atoms with Crippen LogP contribution in [0, 0.1) is 0 Å². The third kappa shape index (κ3) is 5.70. The zero-order valence-electron chi connectivity index (χ0n) is 21.8. The van der Waals surface area contributed by atoms with E-state index in [-0.39, 0.29) is 29.2 Å². The molecule has 3 aliphatic heterocycles. The number of phenolic OH excluding ortho intramolecular Hbond substituents is 2. The highest BCUT2D eigenvalue weighted by Gasteiger charge is 2.51. The SMILES string of the molecule is C[C@@H]1O[C@@H](O[C@@H]2[C@@H](Oc3cc(O)c4c(c3)OC(c3ccc(O)cc3)CC4=O)O[C@@H](CO)[C@H](O)[C@H]2O)[C@H](O)[C@H](O)[C@H]1O. The van der Waals surface area contributed by atoms with Gasteiger partial charge in [-0.25, -0.2) is 0 Å². The molecule has 0 radical (unpaired) electrons. The first-order chi connectivity index (χ1) is 19.5. The highest BCUT2D eigenvalue weighted by atomic mass is 16.8. The van der Waals surface area contributed by atoms with Crippen LogP contribution < -0.4 is 9.47 Å². The molecule has 41 heavy (non-hydrogen) atoms. The molecule has 224 valence electrons. The van der Waals surface area contributed by atoms with Crippen LogP contribution in [0.25, 0.3) is 0 Å². The Hall–Kier alpha value is -3.05. The Balaban J connectivity index is 1.41. The Morgan fingerprint density at radius 2 is 1.59 bits per heavy atom. The summed E-state index contributed by atoms with van der Waals surface area (Å²) in [6, 6.07) is 8.50. The molecule has 2 aromatic carbocycles. The van der Waals surface area contributed by atoms with E-state index in [0.29, 0.717) is 5.56 Å². The van der Waals surface area contributed by atoms with Crippen LogP contribution in [0.2, 0.25) is 0 Å². The van der Waals surface area contributed by atoms with Crippen LogP contribution in [0.4, 0.5) is 0 Å². The first-order valence-electron chi connectivity index (χ1n) is 13.0. The molecule has 0 aliphatic carbocycles. The van der Waals surface area contributed by atoms with E-state index in [0.717, 1.165) is 6.07 Å². The minimum atomic E-state index is -1.75. The number of hydrogen-bond acceptors (Lipinski definition) is 14. The normalized spacial score (nSPS) is 37.2. The third-order valence-corrected chi connectivity index (χ3v) is 7.42. The fraction of sp³-hybridized carbons (Fsp3) is 0.519. The van der Waals surface area contributed by atoms with Crippen molar-refractivity contribution in [1.82, 2.24) is 0 Å². The molecule has 5 rings (SSSR count). The van der Waals surface area contributed by atoms with E-state index in [9.17, 15) is 45.6 Å². The zero-order chi connectivity index (χ0) is 29.6. The van der Waals surface area contributed by atoms with Crippen LogP contribution in [0.1, 0.15) is 35.4 Å². The summed E-state index contributed by atoms with van der Waals surface area (Å²) < 4.78 is 28.6. The second-order valence-electron chi connectivity index (χ2n) is 10.2. The lowest BCUT2D eigenvalue weighted by molar-refractivity contribution is -0.354. The first-order valence-corrected chi connectivity index (χ1v) is 13.0. The maximum absolute atomic E-state index is 12.9. The smallest absolute Gasteiger partial charge is 0.229 e. The average molecular weight is 581 g/mol. The summed E-state index contributed by atoms with van der Waals surface area (Å²) in [6.45, 7) is 0.716. The molecule has 1 unspecified atom stereocenters.